The summed E-state index contributed by atoms with van der Waals surface area (Å²) < 4.78 is 40.6. The van der Waals surface area contributed by atoms with Crippen molar-refractivity contribution in [3.63, 3.8) is 0 Å². The Balaban J connectivity index is 1.83. The first-order chi connectivity index (χ1) is 9.99. The summed E-state index contributed by atoms with van der Waals surface area (Å²) in [5.74, 6) is -1.27. The third-order valence-corrected chi connectivity index (χ3v) is 4.40. The highest BCUT2D eigenvalue weighted by Crippen LogP contribution is 2.48. The fraction of sp³-hybridized carbons (Fsp3) is 0.462. The van der Waals surface area contributed by atoms with Gasteiger partial charge in [-0.25, -0.2) is 4.79 Å². The number of carboxylic acids is 1. The topological polar surface area (TPSA) is 65.0 Å². The van der Waals surface area contributed by atoms with E-state index in [1.807, 2.05) is 0 Å². The quantitative estimate of drug-likeness (QED) is 0.924. The molecule has 2 aliphatic heterocycles. The largest absolute Gasteiger partial charge is 0.478 e. The highest BCUT2D eigenvalue weighted by atomic mass is 32.2. The molecule has 8 heteroatoms. The molecule has 0 saturated carbocycles. The minimum atomic E-state index is -2.86. The molecular formula is C13H12F2O5S. The molecule has 2 atom stereocenters. The lowest BCUT2D eigenvalue weighted by atomic mass is 10.1. The third kappa shape index (κ3) is 2.77. The van der Waals surface area contributed by atoms with Crippen LogP contribution in [0, 0.1) is 0 Å². The van der Waals surface area contributed by atoms with Gasteiger partial charge in [0, 0.05) is 12.2 Å². The number of hydrogen-bond acceptors (Lipinski definition) is 5. The average molecular weight is 318 g/mol. The van der Waals surface area contributed by atoms with Gasteiger partial charge in [0.2, 0.25) is 0 Å². The lowest BCUT2D eigenvalue weighted by Crippen LogP contribution is -2.45. The molecule has 1 N–H and O–H groups in total. The van der Waals surface area contributed by atoms with Gasteiger partial charge in [0.15, 0.2) is 11.5 Å². The number of rotatable bonds is 3. The van der Waals surface area contributed by atoms with Crippen LogP contribution in [0.25, 0.3) is 0 Å². The van der Waals surface area contributed by atoms with Gasteiger partial charge in [-0.3, -0.25) is 0 Å². The van der Waals surface area contributed by atoms with Crippen molar-refractivity contribution >= 4 is 17.7 Å². The van der Waals surface area contributed by atoms with Crippen LogP contribution < -0.4 is 9.47 Å². The van der Waals surface area contributed by atoms with E-state index >= 15 is 0 Å². The van der Waals surface area contributed by atoms with Crippen LogP contribution in [-0.2, 0) is 4.74 Å². The van der Waals surface area contributed by atoms with Gasteiger partial charge >= 0.3 is 12.6 Å². The van der Waals surface area contributed by atoms with Crippen LogP contribution in [0.15, 0.2) is 18.2 Å². The number of fused-ring (bicyclic) bond motifs is 1. The molecule has 21 heavy (non-hydrogen) atoms. The van der Waals surface area contributed by atoms with E-state index in [1.54, 1.807) is 12.1 Å². The number of hydrogen-bond donors (Lipinski definition) is 1. The van der Waals surface area contributed by atoms with Crippen molar-refractivity contribution in [2.75, 3.05) is 5.75 Å². The molecule has 2 unspecified atom stereocenters. The van der Waals surface area contributed by atoms with Crippen molar-refractivity contribution in [1.82, 2.24) is 0 Å². The zero-order chi connectivity index (χ0) is 15.0. The third-order valence-electron chi connectivity index (χ3n) is 3.31. The molecule has 1 aromatic rings. The Morgan fingerprint density at radius 1 is 1.48 bits per heavy atom. The van der Waals surface area contributed by atoms with Crippen LogP contribution in [0.5, 0.6) is 11.5 Å². The molecule has 1 saturated heterocycles. The van der Waals surface area contributed by atoms with E-state index in [0.717, 1.165) is 0 Å². The Kier molecular flexibility index (Phi) is 3.66. The maximum atomic E-state index is 12.3. The van der Waals surface area contributed by atoms with Gasteiger partial charge in [-0.2, -0.15) is 8.78 Å². The van der Waals surface area contributed by atoms with Gasteiger partial charge in [-0.1, -0.05) is 6.07 Å². The van der Waals surface area contributed by atoms with E-state index in [1.165, 1.54) is 17.8 Å². The Hall–Kier alpha value is -1.54. The Labute approximate surface area is 123 Å². The maximum Gasteiger partial charge on any atom is 0.346 e. The minimum absolute atomic E-state index is 0.00562. The second kappa shape index (κ2) is 5.34. The molecule has 1 spiro atoms. The van der Waals surface area contributed by atoms with Crippen LogP contribution in [-0.4, -0.2) is 34.7 Å². The first kappa shape index (κ1) is 14.4. The summed E-state index contributed by atoms with van der Waals surface area (Å²) in [4.78, 5) is 11.2. The number of alkyl halides is 2. The van der Waals surface area contributed by atoms with Crippen molar-refractivity contribution in [2.24, 2.45) is 0 Å². The first-order valence-corrected chi connectivity index (χ1v) is 7.33. The van der Waals surface area contributed by atoms with Gasteiger partial charge in [0.25, 0.3) is 5.79 Å². The number of aromatic carboxylic acids is 1. The van der Waals surface area contributed by atoms with Gasteiger partial charge in [-0.05, 0) is 12.1 Å². The predicted molar refractivity (Wildman–Crippen MR) is 70.0 cm³/mol. The van der Waals surface area contributed by atoms with E-state index in [0.29, 0.717) is 17.9 Å². The number of benzene rings is 1. The summed E-state index contributed by atoms with van der Waals surface area (Å²) in [7, 11) is 0. The SMILES string of the molecule is O=C(O)c1cccc2c1OC1(CCSC(OC(F)F)C1)O2. The molecule has 0 radical (unpaired) electrons. The number of ether oxygens (including phenoxy) is 3. The number of carboxylic acid groups (broad SMARTS) is 1. The summed E-state index contributed by atoms with van der Waals surface area (Å²) in [5, 5.41) is 9.14. The zero-order valence-corrected chi connectivity index (χ0v) is 11.6. The summed E-state index contributed by atoms with van der Waals surface area (Å²) >= 11 is 1.26. The fourth-order valence-electron chi connectivity index (χ4n) is 2.43. The number of thioether (sulfide) groups is 1. The smallest absolute Gasteiger partial charge is 0.346 e. The highest BCUT2D eigenvalue weighted by molar-refractivity contribution is 7.99. The van der Waals surface area contributed by atoms with Crippen molar-refractivity contribution in [3.05, 3.63) is 23.8 Å². The summed E-state index contributed by atoms with van der Waals surface area (Å²) in [6, 6.07) is 4.56. The van der Waals surface area contributed by atoms with Gasteiger partial charge < -0.3 is 19.3 Å². The number of para-hydroxylation sites is 1. The molecule has 2 aliphatic rings. The molecule has 0 aliphatic carbocycles. The monoisotopic (exact) mass is 318 g/mol. The minimum Gasteiger partial charge on any atom is -0.478 e. The molecule has 0 bridgehead atoms. The molecule has 0 amide bonds. The molecule has 2 heterocycles. The second-order valence-electron chi connectivity index (χ2n) is 4.70. The van der Waals surface area contributed by atoms with E-state index in [2.05, 4.69) is 4.74 Å². The Morgan fingerprint density at radius 2 is 2.29 bits per heavy atom. The zero-order valence-electron chi connectivity index (χ0n) is 10.8. The lowest BCUT2D eigenvalue weighted by molar-refractivity contribution is -0.171. The summed E-state index contributed by atoms with van der Waals surface area (Å²) in [6.45, 7) is -2.86. The van der Waals surface area contributed by atoms with Crippen molar-refractivity contribution in [3.8, 4) is 11.5 Å². The van der Waals surface area contributed by atoms with Crippen LogP contribution in [0.4, 0.5) is 8.78 Å². The first-order valence-electron chi connectivity index (χ1n) is 6.29. The molecule has 114 valence electrons. The molecule has 1 fully saturated rings. The normalized spacial score (nSPS) is 27.3. The van der Waals surface area contributed by atoms with Gasteiger partial charge in [-0.15, -0.1) is 11.8 Å². The second-order valence-corrected chi connectivity index (χ2v) is 5.97. The Bertz CT molecular complexity index is 567. The van der Waals surface area contributed by atoms with Crippen LogP contribution >= 0.6 is 11.8 Å². The number of carbonyl (C=O) groups is 1. The fourth-order valence-corrected chi connectivity index (χ4v) is 3.65. The average Bonchev–Trinajstić information content (AvgIpc) is 2.74. The number of halogens is 2. The highest BCUT2D eigenvalue weighted by Gasteiger charge is 2.48. The van der Waals surface area contributed by atoms with Gasteiger partial charge in [0.05, 0.1) is 6.42 Å². The maximum absolute atomic E-state index is 12.3. The van der Waals surface area contributed by atoms with E-state index in [9.17, 15) is 13.6 Å². The molecular weight excluding hydrogens is 306 g/mol. The van der Waals surface area contributed by atoms with Gasteiger partial charge in [0.1, 0.15) is 11.0 Å². The van der Waals surface area contributed by atoms with Crippen LogP contribution in [0.3, 0.4) is 0 Å². The lowest BCUT2D eigenvalue weighted by Gasteiger charge is -2.35. The van der Waals surface area contributed by atoms with Crippen LogP contribution in [0.2, 0.25) is 0 Å². The molecule has 0 aromatic heterocycles. The molecule has 3 rings (SSSR count). The van der Waals surface area contributed by atoms with Crippen molar-refractivity contribution < 1.29 is 32.9 Å². The summed E-state index contributed by atoms with van der Waals surface area (Å²) in [5.41, 5.74) is -0.754. The van der Waals surface area contributed by atoms with E-state index < -0.39 is 23.8 Å². The standard InChI is InChI=1S/C13H12F2O5S/c14-12(15)18-9-6-13(4-5-21-9)19-8-3-1-2-7(11(16)17)10(8)20-13/h1-3,9,12H,4-6H2,(H,16,17). The van der Waals surface area contributed by atoms with Crippen LogP contribution in [0.1, 0.15) is 23.2 Å². The van der Waals surface area contributed by atoms with E-state index in [4.69, 9.17) is 14.6 Å². The summed E-state index contributed by atoms with van der Waals surface area (Å²) in [6.07, 6.45) is 0.574. The van der Waals surface area contributed by atoms with E-state index in [-0.39, 0.29) is 17.7 Å². The predicted octanol–water partition coefficient (Wildman–Crippen LogP) is 2.94. The molecule has 5 nitrogen and oxygen atoms in total. The van der Waals surface area contributed by atoms with Crippen molar-refractivity contribution in [2.45, 2.75) is 30.7 Å². The molecule has 1 aromatic carbocycles. The van der Waals surface area contributed by atoms with Crippen molar-refractivity contribution in [1.29, 1.82) is 0 Å². The Morgan fingerprint density at radius 3 is 3.00 bits per heavy atom.